The molecule has 0 aliphatic carbocycles. The number of para-hydroxylation sites is 1. The van der Waals surface area contributed by atoms with E-state index in [1.165, 1.54) is 23.9 Å². The van der Waals surface area contributed by atoms with Crippen molar-refractivity contribution in [2.24, 2.45) is 0 Å². The first-order valence-corrected chi connectivity index (χ1v) is 13.5. The number of ether oxygens (including phenoxy) is 1. The van der Waals surface area contributed by atoms with E-state index < -0.39 is 10.0 Å². The second-order valence-electron chi connectivity index (χ2n) is 7.70. The third-order valence-electron chi connectivity index (χ3n) is 5.42. The Morgan fingerprint density at radius 3 is 2.48 bits per heavy atom. The number of nitrogens with zero attached hydrogens (tertiary/aromatic N) is 1. The lowest BCUT2D eigenvalue weighted by Gasteiger charge is -2.27. The summed E-state index contributed by atoms with van der Waals surface area (Å²) < 4.78 is 34.3. The van der Waals surface area contributed by atoms with Crippen molar-refractivity contribution < 1.29 is 22.7 Å². The molecule has 33 heavy (non-hydrogen) atoms. The summed E-state index contributed by atoms with van der Waals surface area (Å²) >= 11 is 1.38. The first kappa shape index (κ1) is 25.1. The topological polar surface area (TPSA) is 105 Å². The molecule has 0 bridgehead atoms. The summed E-state index contributed by atoms with van der Waals surface area (Å²) in [6.45, 7) is 5.66. The Hall–Kier alpha value is -2.56. The van der Waals surface area contributed by atoms with Gasteiger partial charge < -0.3 is 15.0 Å². The Balaban J connectivity index is 1.91. The molecule has 1 aliphatic heterocycles. The first-order chi connectivity index (χ1) is 15.8. The van der Waals surface area contributed by atoms with Gasteiger partial charge in [0.1, 0.15) is 0 Å². The lowest BCUT2D eigenvalue weighted by Crippen LogP contribution is -2.41. The van der Waals surface area contributed by atoms with Crippen LogP contribution in [0.25, 0.3) is 0 Å². The fraction of sp³-hybridized carbons (Fsp3) is 0.391. The number of thioether (sulfide) groups is 1. The summed E-state index contributed by atoms with van der Waals surface area (Å²) in [5.74, 6) is -0.586. The molecule has 1 atom stereocenters. The number of benzene rings is 2. The Morgan fingerprint density at radius 1 is 1.12 bits per heavy atom. The standard InChI is InChI=1S/C23H29N3O5S2/c1-4-16(2)24-22(27)18-7-5-6-8-20(18)25-33(29,30)17-9-10-21(32-3)19(15-17)23(28)26-11-13-31-14-12-26/h5-10,15-16,25H,4,11-14H2,1-3H3,(H,24,27)/t16-/m0/s1. The lowest BCUT2D eigenvalue weighted by atomic mass is 10.1. The molecule has 8 nitrogen and oxygen atoms in total. The molecule has 2 amide bonds. The zero-order valence-electron chi connectivity index (χ0n) is 19.0. The van der Waals surface area contributed by atoms with Crippen LogP contribution in [-0.2, 0) is 14.8 Å². The molecule has 0 radical (unpaired) electrons. The average Bonchev–Trinajstić information content (AvgIpc) is 2.83. The molecule has 1 heterocycles. The molecule has 1 aliphatic rings. The summed E-state index contributed by atoms with van der Waals surface area (Å²) in [7, 11) is -4.05. The van der Waals surface area contributed by atoms with E-state index in [1.807, 2.05) is 20.1 Å². The van der Waals surface area contributed by atoms with E-state index in [0.717, 1.165) is 6.42 Å². The van der Waals surface area contributed by atoms with Crippen molar-refractivity contribution in [2.75, 3.05) is 37.3 Å². The second-order valence-corrected chi connectivity index (χ2v) is 10.2. The van der Waals surface area contributed by atoms with Crippen LogP contribution >= 0.6 is 11.8 Å². The van der Waals surface area contributed by atoms with Crippen LogP contribution in [0.5, 0.6) is 0 Å². The Morgan fingerprint density at radius 2 is 1.82 bits per heavy atom. The number of morpholine rings is 1. The van der Waals surface area contributed by atoms with Crippen LogP contribution in [0, 0.1) is 0 Å². The molecule has 0 spiro atoms. The molecule has 10 heteroatoms. The quantitative estimate of drug-likeness (QED) is 0.550. The molecule has 0 aromatic heterocycles. The maximum atomic E-state index is 13.2. The van der Waals surface area contributed by atoms with E-state index in [4.69, 9.17) is 4.74 Å². The van der Waals surface area contributed by atoms with E-state index in [2.05, 4.69) is 10.0 Å². The summed E-state index contributed by atoms with van der Waals surface area (Å²) in [4.78, 5) is 28.0. The predicted octanol–water partition coefficient (Wildman–Crippen LogP) is 3.21. The van der Waals surface area contributed by atoms with Gasteiger partial charge in [-0.05, 0) is 49.9 Å². The minimum absolute atomic E-state index is 0.0463. The molecule has 0 unspecified atom stereocenters. The average molecular weight is 492 g/mol. The normalized spacial score (nSPS) is 15.1. The maximum absolute atomic E-state index is 13.2. The number of sulfonamides is 1. The lowest BCUT2D eigenvalue weighted by molar-refractivity contribution is 0.0300. The second kappa shape index (κ2) is 11.0. The van der Waals surface area contributed by atoms with Crippen molar-refractivity contribution >= 4 is 39.3 Å². The number of carbonyl (C=O) groups is 2. The number of anilines is 1. The summed E-state index contributed by atoms with van der Waals surface area (Å²) in [5, 5.41) is 2.85. The first-order valence-electron chi connectivity index (χ1n) is 10.7. The van der Waals surface area contributed by atoms with Crippen LogP contribution in [0.1, 0.15) is 41.0 Å². The maximum Gasteiger partial charge on any atom is 0.261 e. The van der Waals surface area contributed by atoms with Crippen LogP contribution in [0.4, 0.5) is 5.69 Å². The van der Waals surface area contributed by atoms with Crippen molar-refractivity contribution in [1.29, 1.82) is 0 Å². The largest absolute Gasteiger partial charge is 0.378 e. The van der Waals surface area contributed by atoms with Gasteiger partial charge in [0.25, 0.3) is 21.8 Å². The summed E-state index contributed by atoms with van der Waals surface area (Å²) in [6, 6.07) is 10.9. The van der Waals surface area contributed by atoms with E-state index in [9.17, 15) is 18.0 Å². The van der Waals surface area contributed by atoms with E-state index in [0.29, 0.717) is 36.8 Å². The van der Waals surface area contributed by atoms with Gasteiger partial charge in [-0.3, -0.25) is 14.3 Å². The van der Waals surface area contributed by atoms with Crippen molar-refractivity contribution in [1.82, 2.24) is 10.2 Å². The zero-order valence-corrected chi connectivity index (χ0v) is 20.6. The molecule has 3 rings (SSSR count). The van der Waals surface area contributed by atoms with Gasteiger partial charge in [-0.25, -0.2) is 8.42 Å². The van der Waals surface area contributed by atoms with Crippen LogP contribution in [-0.4, -0.2) is 63.7 Å². The number of amides is 2. The van der Waals surface area contributed by atoms with Crippen LogP contribution in [0.3, 0.4) is 0 Å². The van der Waals surface area contributed by atoms with E-state index >= 15 is 0 Å². The highest BCUT2D eigenvalue weighted by molar-refractivity contribution is 7.98. The summed E-state index contributed by atoms with van der Waals surface area (Å²) in [5.41, 5.74) is 0.732. The zero-order chi connectivity index (χ0) is 24.0. The SMILES string of the molecule is CC[C@H](C)NC(=O)c1ccccc1NS(=O)(=O)c1ccc(SC)c(C(=O)N2CCOCC2)c1. The number of hydrogen-bond acceptors (Lipinski definition) is 6. The molecule has 1 fully saturated rings. The van der Waals surface area contributed by atoms with E-state index in [1.54, 1.807) is 35.2 Å². The highest BCUT2D eigenvalue weighted by Gasteiger charge is 2.25. The van der Waals surface area contributed by atoms with E-state index in [-0.39, 0.29) is 34.0 Å². The molecule has 178 valence electrons. The Kier molecular flexibility index (Phi) is 8.39. The van der Waals surface area contributed by atoms with Gasteiger partial charge in [0.15, 0.2) is 0 Å². The van der Waals surface area contributed by atoms with Crippen molar-refractivity contribution in [2.45, 2.75) is 36.1 Å². The predicted molar refractivity (Wildman–Crippen MR) is 129 cm³/mol. The third-order valence-corrected chi connectivity index (χ3v) is 7.57. The monoisotopic (exact) mass is 491 g/mol. The fourth-order valence-electron chi connectivity index (χ4n) is 3.34. The molecule has 0 saturated carbocycles. The fourth-order valence-corrected chi connectivity index (χ4v) is 5.01. The molecule has 2 aromatic carbocycles. The Labute approximate surface area is 199 Å². The van der Waals surface area contributed by atoms with Crippen molar-refractivity contribution in [3.05, 3.63) is 53.6 Å². The van der Waals surface area contributed by atoms with Crippen LogP contribution in [0.15, 0.2) is 52.3 Å². The van der Waals surface area contributed by atoms with Gasteiger partial charge in [0.05, 0.1) is 34.9 Å². The van der Waals surface area contributed by atoms with Gasteiger partial charge in [0.2, 0.25) is 0 Å². The van der Waals surface area contributed by atoms with Gasteiger partial charge in [-0.1, -0.05) is 19.1 Å². The summed E-state index contributed by atoms with van der Waals surface area (Å²) in [6.07, 6.45) is 2.59. The Bertz CT molecular complexity index is 1110. The van der Waals surface area contributed by atoms with Crippen LogP contribution < -0.4 is 10.0 Å². The smallest absolute Gasteiger partial charge is 0.261 e. The number of hydrogen-bond donors (Lipinski definition) is 2. The number of nitrogens with one attached hydrogen (secondary N) is 2. The van der Waals surface area contributed by atoms with Crippen molar-refractivity contribution in [3.8, 4) is 0 Å². The minimum Gasteiger partial charge on any atom is -0.378 e. The van der Waals surface area contributed by atoms with Gasteiger partial charge >= 0.3 is 0 Å². The molecule has 2 aromatic rings. The molecule has 2 N–H and O–H groups in total. The molecular formula is C23H29N3O5S2. The van der Waals surface area contributed by atoms with Gasteiger partial charge in [-0.2, -0.15) is 0 Å². The van der Waals surface area contributed by atoms with Gasteiger partial charge in [0, 0.05) is 24.0 Å². The highest BCUT2D eigenvalue weighted by atomic mass is 32.2. The highest BCUT2D eigenvalue weighted by Crippen LogP contribution is 2.27. The number of rotatable bonds is 8. The molecular weight excluding hydrogens is 462 g/mol. The minimum atomic E-state index is -4.05. The third kappa shape index (κ3) is 6.07. The molecule has 1 saturated heterocycles. The van der Waals surface area contributed by atoms with Crippen molar-refractivity contribution in [3.63, 3.8) is 0 Å². The van der Waals surface area contributed by atoms with Gasteiger partial charge in [-0.15, -0.1) is 11.8 Å². The van der Waals surface area contributed by atoms with Crippen LogP contribution in [0.2, 0.25) is 0 Å². The number of carbonyl (C=O) groups excluding carboxylic acids is 2.